The van der Waals surface area contributed by atoms with Crippen LogP contribution in [-0.2, 0) is 4.79 Å². The lowest BCUT2D eigenvalue weighted by Gasteiger charge is -2.09. The summed E-state index contributed by atoms with van der Waals surface area (Å²) in [5.41, 5.74) is 0.515. The molecule has 0 radical (unpaired) electrons. The number of ether oxygens (including phenoxy) is 2. The molecule has 1 aliphatic carbocycles. The van der Waals surface area contributed by atoms with Gasteiger partial charge < -0.3 is 19.9 Å². The molecule has 0 heterocycles. The van der Waals surface area contributed by atoms with E-state index in [4.69, 9.17) is 9.47 Å². The molecule has 1 amide bonds. The van der Waals surface area contributed by atoms with Crippen LogP contribution in [0.2, 0.25) is 0 Å². The van der Waals surface area contributed by atoms with Crippen LogP contribution in [0.1, 0.15) is 42.1 Å². The van der Waals surface area contributed by atoms with Gasteiger partial charge in [0.15, 0.2) is 17.3 Å². The van der Waals surface area contributed by atoms with Crippen molar-refractivity contribution in [2.75, 3.05) is 14.2 Å². The molecule has 0 saturated carbocycles. The largest absolute Gasteiger partial charge is 0.505 e. The molecule has 0 aromatic heterocycles. The van der Waals surface area contributed by atoms with E-state index in [2.05, 4.69) is 5.32 Å². The van der Waals surface area contributed by atoms with Crippen LogP contribution in [-0.4, -0.2) is 31.0 Å². The van der Waals surface area contributed by atoms with Crippen molar-refractivity contribution in [1.29, 1.82) is 0 Å². The fourth-order valence-electron chi connectivity index (χ4n) is 2.29. The first-order valence-corrected chi connectivity index (χ1v) is 7.07. The van der Waals surface area contributed by atoms with E-state index in [1.165, 1.54) is 26.4 Å². The van der Waals surface area contributed by atoms with Crippen molar-refractivity contribution in [2.24, 2.45) is 0 Å². The Hall–Kier alpha value is -2.50. The zero-order valence-corrected chi connectivity index (χ0v) is 12.9. The first-order chi connectivity index (χ1) is 10.5. The van der Waals surface area contributed by atoms with E-state index in [-0.39, 0.29) is 22.9 Å². The number of allylic oxidation sites excluding steroid dienone is 1. The molecule has 22 heavy (non-hydrogen) atoms. The normalized spacial score (nSPS) is 13.1. The van der Waals surface area contributed by atoms with E-state index < -0.39 is 5.78 Å². The number of ketones is 1. The van der Waals surface area contributed by atoms with Gasteiger partial charge in [-0.1, -0.05) is 13.3 Å². The number of aliphatic hydroxyl groups is 1. The van der Waals surface area contributed by atoms with Gasteiger partial charge in [-0.05, 0) is 18.6 Å². The Morgan fingerprint density at radius 1 is 1.18 bits per heavy atom. The number of carbonyl (C=O) groups excluding carboxylic acids is 2. The standard InChI is InChI=1S/C16H19NO5/c1-4-5-6-13(18)17-14-15(19)9-7-11(21-2)12(22-3)8-10(9)16(14)20/h7-8H,4-6H2,1-3H3,(H2,17,18,19,20). The number of hydrogen-bond donors (Lipinski definition) is 2. The van der Waals surface area contributed by atoms with Crippen LogP contribution in [0.15, 0.2) is 17.8 Å². The minimum absolute atomic E-state index is 0.0913. The first-order valence-electron chi connectivity index (χ1n) is 7.07. The summed E-state index contributed by atoms with van der Waals surface area (Å²) in [4.78, 5) is 24.1. The van der Waals surface area contributed by atoms with Crippen LogP contribution in [0.5, 0.6) is 11.5 Å². The average Bonchev–Trinajstić information content (AvgIpc) is 2.76. The zero-order valence-electron chi connectivity index (χ0n) is 12.9. The summed E-state index contributed by atoms with van der Waals surface area (Å²) in [7, 11) is 2.93. The van der Waals surface area contributed by atoms with Crippen molar-refractivity contribution >= 4 is 17.4 Å². The van der Waals surface area contributed by atoms with E-state index in [1.807, 2.05) is 6.92 Å². The molecule has 2 N–H and O–H groups in total. The van der Waals surface area contributed by atoms with E-state index in [9.17, 15) is 14.7 Å². The molecule has 0 unspecified atom stereocenters. The molecule has 0 spiro atoms. The van der Waals surface area contributed by atoms with Crippen molar-refractivity contribution in [3.05, 3.63) is 29.0 Å². The highest BCUT2D eigenvalue weighted by Crippen LogP contribution is 2.38. The maximum absolute atomic E-state index is 12.4. The van der Waals surface area contributed by atoms with Crippen LogP contribution >= 0.6 is 0 Å². The van der Waals surface area contributed by atoms with Gasteiger partial charge in [0.05, 0.1) is 14.2 Å². The summed E-state index contributed by atoms with van der Waals surface area (Å²) < 4.78 is 10.3. The van der Waals surface area contributed by atoms with Crippen LogP contribution in [0.4, 0.5) is 0 Å². The Morgan fingerprint density at radius 2 is 1.77 bits per heavy atom. The van der Waals surface area contributed by atoms with Gasteiger partial charge in [-0.25, -0.2) is 0 Å². The Morgan fingerprint density at radius 3 is 2.32 bits per heavy atom. The van der Waals surface area contributed by atoms with Gasteiger partial charge in [-0.2, -0.15) is 0 Å². The molecule has 0 fully saturated rings. The summed E-state index contributed by atoms with van der Waals surface area (Å²) in [5.74, 6) is -0.173. The van der Waals surface area contributed by atoms with E-state index >= 15 is 0 Å². The molecule has 6 heteroatoms. The van der Waals surface area contributed by atoms with Crippen LogP contribution < -0.4 is 14.8 Å². The molecule has 0 aliphatic heterocycles. The molecule has 1 aliphatic rings. The number of unbranched alkanes of at least 4 members (excludes halogenated alkanes) is 1. The van der Waals surface area contributed by atoms with Crippen LogP contribution in [0.25, 0.3) is 5.76 Å². The van der Waals surface area contributed by atoms with Crippen molar-refractivity contribution < 1.29 is 24.2 Å². The zero-order chi connectivity index (χ0) is 16.3. The summed E-state index contributed by atoms with van der Waals surface area (Å²) in [6, 6.07) is 3.02. The summed E-state index contributed by atoms with van der Waals surface area (Å²) in [6.07, 6.45) is 1.91. The van der Waals surface area contributed by atoms with Gasteiger partial charge in [0, 0.05) is 17.5 Å². The Kier molecular flexibility index (Phi) is 4.70. The minimum Gasteiger partial charge on any atom is -0.505 e. The second-order valence-electron chi connectivity index (χ2n) is 4.96. The molecule has 1 aromatic rings. The number of Topliss-reactive ketones (excluding diaryl/α,β-unsaturated/α-hetero) is 1. The SMILES string of the molecule is CCCCC(=O)NC1=C(O)c2cc(OC)c(OC)cc2C1=O. The molecule has 2 rings (SSSR count). The second-order valence-corrected chi connectivity index (χ2v) is 4.96. The van der Waals surface area contributed by atoms with Crippen molar-refractivity contribution in [1.82, 2.24) is 5.32 Å². The third-order valence-electron chi connectivity index (χ3n) is 3.51. The number of carbonyl (C=O) groups is 2. The Labute approximate surface area is 128 Å². The number of fused-ring (bicyclic) bond motifs is 1. The molecule has 0 bridgehead atoms. The number of nitrogens with one attached hydrogen (secondary N) is 1. The fourth-order valence-corrected chi connectivity index (χ4v) is 2.29. The lowest BCUT2D eigenvalue weighted by Crippen LogP contribution is -2.26. The lowest BCUT2D eigenvalue weighted by atomic mass is 10.1. The van der Waals surface area contributed by atoms with Gasteiger partial charge in [-0.15, -0.1) is 0 Å². The van der Waals surface area contributed by atoms with Crippen molar-refractivity contribution in [2.45, 2.75) is 26.2 Å². The monoisotopic (exact) mass is 305 g/mol. The highest BCUT2D eigenvalue weighted by atomic mass is 16.5. The average molecular weight is 305 g/mol. The quantitative estimate of drug-likeness (QED) is 0.843. The maximum atomic E-state index is 12.4. The predicted octanol–water partition coefficient (Wildman–Crippen LogP) is 2.43. The first kappa shape index (κ1) is 15.9. The van der Waals surface area contributed by atoms with Crippen molar-refractivity contribution in [3.63, 3.8) is 0 Å². The predicted molar refractivity (Wildman–Crippen MR) is 81.1 cm³/mol. The summed E-state index contributed by atoms with van der Waals surface area (Å²) >= 11 is 0. The van der Waals surface area contributed by atoms with Gasteiger partial charge in [0.1, 0.15) is 5.70 Å². The van der Waals surface area contributed by atoms with Crippen LogP contribution in [0, 0.1) is 0 Å². The lowest BCUT2D eigenvalue weighted by molar-refractivity contribution is -0.120. The highest BCUT2D eigenvalue weighted by molar-refractivity contribution is 6.20. The smallest absolute Gasteiger partial charge is 0.224 e. The van der Waals surface area contributed by atoms with Gasteiger partial charge in [-0.3, -0.25) is 9.59 Å². The number of methoxy groups -OCH3 is 2. The number of benzene rings is 1. The van der Waals surface area contributed by atoms with E-state index in [1.54, 1.807) is 0 Å². The third kappa shape index (κ3) is 2.77. The molecule has 0 saturated heterocycles. The highest BCUT2D eigenvalue weighted by Gasteiger charge is 2.32. The topological polar surface area (TPSA) is 84.9 Å². The van der Waals surface area contributed by atoms with Crippen molar-refractivity contribution in [3.8, 4) is 11.5 Å². The minimum atomic E-state index is -0.432. The third-order valence-corrected chi connectivity index (χ3v) is 3.51. The molecule has 1 aromatic carbocycles. The summed E-state index contributed by atoms with van der Waals surface area (Å²) in [6.45, 7) is 1.97. The van der Waals surface area contributed by atoms with E-state index in [0.29, 0.717) is 23.5 Å². The number of hydrogen-bond acceptors (Lipinski definition) is 5. The Bertz CT molecular complexity index is 648. The number of amides is 1. The maximum Gasteiger partial charge on any atom is 0.224 e. The summed E-state index contributed by atoms with van der Waals surface area (Å²) in [5, 5.41) is 12.7. The van der Waals surface area contributed by atoms with Crippen LogP contribution in [0.3, 0.4) is 0 Å². The fraction of sp³-hybridized carbons (Fsp3) is 0.375. The number of aliphatic hydroxyl groups excluding tert-OH is 1. The second kappa shape index (κ2) is 6.51. The molecule has 6 nitrogen and oxygen atoms in total. The van der Waals surface area contributed by atoms with Gasteiger partial charge in [0.2, 0.25) is 11.7 Å². The Balaban J connectivity index is 2.33. The van der Waals surface area contributed by atoms with Gasteiger partial charge >= 0.3 is 0 Å². The molecular weight excluding hydrogens is 286 g/mol. The molecular formula is C16H19NO5. The van der Waals surface area contributed by atoms with Gasteiger partial charge in [0.25, 0.3) is 0 Å². The molecule has 118 valence electrons. The van der Waals surface area contributed by atoms with E-state index in [0.717, 1.165) is 12.8 Å². The number of rotatable bonds is 6. The molecule has 0 atom stereocenters.